The Bertz CT molecular complexity index is 1000. The molecule has 25 heavy (non-hydrogen) atoms. The fourth-order valence-electron chi connectivity index (χ4n) is 2.34. The molecule has 0 amide bonds. The first-order chi connectivity index (χ1) is 11.8. The Morgan fingerprint density at radius 1 is 1.16 bits per heavy atom. The molecule has 0 radical (unpaired) electrons. The van der Waals surface area contributed by atoms with Crippen molar-refractivity contribution in [2.45, 2.75) is 19.4 Å². The van der Waals surface area contributed by atoms with Gasteiger partial charge in [0.05, 0.1) is 10.9 Å². The minimum absolute atomic E-state index is 0.187. The summed E-state index contributed by atoms with van der Waals surface area (Å²) in [6.45, 7) is 2.89. The van der Waals surface area contributed by atoms with Crippen molar-refractivity contribution in [3.05, 3.63) is 64.0 Å². The first-order valence-electron chi connectivity index (χ1n) is 7.52. The van der Waals surface area contributed by atoms with Crippen LogP contribution in [0, 0.1) is 0 Å². The molecular formula is C19H15ClO5. The van der Waals surface area contributed by atoms with E-state index in [0.717, 1.165) is 0 Å². The zero-order valence-electron chi connectivity index (χ0n) is 13.6. The zero-order chi connectivity index (χ0) is 18.2. The molecular weight excluding hydrogens is 344 g/mol. The van der Waals surface area contributed by atoms with E-state index >= 15 is 0 Å². The topological polar surface area (TPSA) is 76.7 Å². The largest absolute Gasteiger partial charge is 0.478 e. The van der Waals surface area contributed by atoms with Gasteiger partial charge in [-0.2, -0.15) is 0 Å². The highest BCUT2D eigenvalue weighted by molar-refractivity contribution is 6.30. The normalized spacial score (nSPS) is 11.5. The number of hydrogen-bond acceptors (Lipinski definition) is 4. The molecule has 3 aromatic rings. The average Bonchev–Trinajstić information content (AvgIpc) is 2.56. The SMILES string of the molecule is CC(C)(Oc1ccc2c(=O)c(-c3ccc(Cl)cc3)coc2c1)C(=O)O. The van der Waals surface area contributed by atoms with E-state index in [-0.39, 0.29) is 5.43 Å². The molecule has 0 bridgehead atoms. The number of carbonyl (C=O) groups is 1. The number of halogens is 1. The lowest BCUT2D eigenvalue weighted by Gasteiger charge is -2.21. The van der Waals surface area contributed by atoms with Crippen LogP contribution in [0.15, 0.2) is 57.9 Å². The summed E-state index contributed by atoms with van der Waals surface area (Å²) in [7, 11) is 0. The molecule has 3 rings (SSSR count). The zero-order valence-corrected chi connectivity index (χ0v) is 14.3. The summed E-state index contributed by atoms with van der Waals surface area (Å²) in [6.07, 6.45) is 1.38. The number of aliphatic carboxylic acids is 1. The standard InChI is InChI=1S/C19H15ClO5/c1-19(2,18(22)23)25-13-7-8-14-16(9-13)24-10-15(17(14)21)11-3-5-12(20)6-4-11/h3-10H,1-2H3,(H,22,23). The summed E-state index contributed by atoms with van der Waals surface area (Å²) >= 11 is 5.87. The first kappa shape index (κ1) is 17.0. The summed E-state index contributed by atoms with van der Waals surface area (Å²) in [5.74, 6) is -0.783. The van der Waals surface area contributed by atoms with Gasteiger partial charge in [0, 0.05) is 11.1 Å². The van der Waals surface area contributed by atoms with E-state index in [2.05, 4.69) is 0 Å². The molecule has 0 aliphatic rings. The molecule has 0 aliphatic heterocycles. The Hall–Kier alpha value is -2.79. The number of rotatable bonds is 4. The number of ether oxygens (including phenoxy) is 1. The highest BCUT2D eigenvalue weighted by atomic mass is 35.5. The molecule has 0 aliphatic carbocycles. The van der Waals surface area contributed by atoms with Gasteiger partial charge in [0.15, 0.2) is 11.0 Å². The molecule has 0 saturated heterocycles. The lowest BCUT2D eigenvalue weighted by atomic mass is 10.1. The van der Waals surface area contributed by atoms with Crippen LogP contribution in [0.2, 0.25) is 5.02 Å². The van der Waals surface area contributed by atoms with Gasteiger partial charge in [-0.25, -0.2) is 4.79 Å². The van der Waals surface area contributed by atoms with E-state index in [0.29, 0.717) is 32.9 Å². The van der Waals surface area contributed by atoms with Gasteiger partial charge >= 0.3 is 5.97 Å². The summed E-state index contributed by atoms with van der Waals surface area (Å²) < 4.78 is 11.0. The number of carboxylic acid groups (broad SMARTS) is 1. The lowest BCUT2D eigenvalue weighted by molar-refractivity contribution is -0.152. The predicted molar refractivity (Wildman–Crippen MR) is 95.3 cm³/mol. The summed E-state index contributed by atoms with van der Waals surface area (Å²) in [5, 5.41) is 10.1. The fraction of sp³-hybridized carbons (Fsp3) is 0.158. The van der Waals surface area contributed by atoms with Gasteiger partial charge < -0.3 is 14.3 Å². The van der Waals surface area contributed by atoms with Crippen molar-refractivity contribution in [3.8, 4) is 16.9 Å². The Morgan fingerprint density at radius 2 is 1.84 bits per heavy atom. The number of carboxylic acids is 1. The van der Waals surface area contributed by atoms with Crippen molar-refractivity contribution in [3.63, 3.8) is 0 Å². The third kappa shape index (κ3) is 3.37. The van der Waals surface area contributed by atoms with Crippen molar-refractivity contribution in [2.24, 2.45) is 0 Å². The van der Waals surface area contributed by atoms with E-state index in [1.807, 2.05) is 0 Å². The molecule has 2 aromatic carbocycles. The van der Waals surface area contributed by atoms with Gasteiger partial charge in [-0.3, -0.25) is 4.79 Å². The van der Waals surface area contributed by atoms with Crippen LogP contribution in [0.3, 0.4) is 0 Å². The quantitative estimate of drug-likeness (QED) is 0.750. The van der Waals surface area contributed by atoms with Gasteiger partial charge in [0.2, 0.25) is 0 Å². The maximum Gasteiger partial charge on any atom is 0.347 e. The smallest absolute Gasteiger partial charge is 0.347 e. The van der Waals surface area contributed by atoms with Crippen LogP contribution >= 0.6 is 11.6 Å². The minimum Gasteiger partial charge on any atom is -0.478 e. The van der Waals surface area contributed by atoms with Crippen LogP contribution in [0.25, 0.3) is 22.1 Å². The minimum atomic E-state index is -1.39. The molecule has 6 heteroatoms. The molecule has 1 heterocycles. The summed E-state index contributed by atoms with van der Waals surface area (Å²) in [5.41, 5.74) is -0.137. The Labute approximate surface area is 148 Å². The number of benzene rings is 2. The summed E-state index contributed by atoms with van der Waals surface area (Å²) in [4.78, 5) is 23.9. The molecule has 0 atom stereocenters. The molecule has 128 valence electrons. The Kier molecular flexibility index (Phi) is 4.27. The molecule has 0 fully saturated rings. The second-order valence-electron chi connectivity index (χ2n) is 6.06. The Balaban J connectivity index is 2.04. The predicted octanol–water partition coefficient (Wildman–Crippen LogP) is 4.36. The Morgan fingerprint density at radius 3 is 2.48 bits per heavy atom. The van der Waals surface area contributed by atoms with Crippen molar-refractivity contribution in [2.75, 3.05) is 0 Å². The number of fused-ring (bicyclic) bond motifs is 1. The molecule has 5 nitrogen and oxygen atoms in total. The van der Waals surface area contributed by atoms with Crippen molar-refractivity contribution < 1.29 is 19.1 Å². The van der Waals surface area contributed by atoms with Crippen molar-refractivity contribution in [1.29, 1.82) is 0 Å². The van der Waals surface area contributed by atoms with Gasteiger partial charge in [0.25, 0.3) is 0 Å². The van der Waals surface area contributed by atoms with Gasteiger partial charge in [0.1, 0.15) is 17.6 Å². The van der Waals surface area contributed by atoms with Crippen LogP contribution in [0.1, 0.15) is 13.8 Å². The van der Waals surface area contributed by atoms with Crippen LogP contribution in [-0.4, -0.2) is 16.7 Å². The molecule has 1 N–H and O–H groups in total. The maximum atomic E-state index is 12.7. The van der Waals surface area contributed by atoms with E-state index in [9.17, 15) is 9.59 Å². The van der Waals surface area contributed by atoms with Gasteiger partial charge in [-0.05, 0) is 43.7 Å². The van der Waals surface area contributed by atoms with Crippen LogP contribution < -0.4 is 10.2 Å². The lowest BCUT2D eigenvalue weighted by Crippen LogP contribution is -2.37. The average molecular weight is 359 g/mol. The fourth-order valence-corrected chi connectivity index (χ4v) is 2.47. The van der Waals surface area contributed by atoms with Gasteiger partial charge in [-0.15, -0.1) is 0 Å². The monoisotopic (exact) mass is 358 g/mol. The third-order valence-corrected chi connectivity index (χ3v) is 4.04. The second-order valence-corrected chi connectivity index (χ2v) is 6.50. The molecule has 0 unspecified atom stereocenters. The van der Waals surface area contributed by atoms with Crippen molar-refractivity contribution >= 4 is 28.5 Å². The number of hydrogen-bond donors (Lipinski definition) is 1. The molecule has 1 aromatic heterocycles. The highest BCUT2D eigenvalue weighted by Gasteiger charge is 2.29. The van der Waals surface area contributed by atoms with E-state index in [1.54, 1.807) is 36.4 Å². The van der Waals surface area contributed by atoms with Crippen LogP contribution in [0.5, 0.6) is 5.75 Å². The van der Waals surface area contributed by atoms with Crippen LogP contribution in [-0.2, 0) is 4.79 Å². The highest BCUT2D eigenvalue weighted by Crippen LogP contribution is 2.26. The second kappa shape index (κ2) is 6.26. The van der Waals surface area contributed by atoms with Gasteiger partial charge in [-0.1, -0.05) is 23.7 Å². The van der Waals surface area contributed by atoms with E-state index in [4.69, 9.17) is 25.9 Å². The molecule has 0 spiro atoms. The third-order valence-electron chi connectivity index (χ3n) is 3.79. The first-order valence-corrected chi connectivity index (χ1v) is 7.89. The molecule has 0 saturated carbocycles. The van der Waals surface area contributed by atoms with Crippen molar-refractivity contribution in [1.82, 2.24) is 0 Å². The van der Waals surface area contributed by atoms with E-state index < -0.39 is 11.6 Å². The maximum absolute atomic E-state index is 12.7. The van der Waals surface area contributed by atoms with E-state index in [1.165, 1.54) is 26.2 Å². The van der Waals surface area contributed by atoms with Crippen LogP contribution in [0.4, 0.5) is 0 Å². The summed E-state index contributed by atoms with van der Waals surface area (Å²) in [6, 6.07) is 11.5.